The van der Waals surface area contributed by atoms with Gasteiger partial charge in [-0.25, -0.2) is 4.68 Å². The number of hydrogen-bond donors (Lipinski definition) is 2. The first-order valence-electron chi connectivity index (χ1n) is 10.3. The Morgan fingerprint density at radius 2 is 1.74 bits per heavy atom. The maximum absolute atomic E-state index is 12.7. The zero-order valence-corrected chi connectivity index (χ0v) is 17.6. The Hall–Kier alpha value is -3.77. The highest BCUT2D eigenvalue weighted by molar-refractivity contribution is 5.92. The molecule has 6 heteroatoms. The third-order valence-electron chi connectivity index (χ3n) is 5.03. The van der Waals surface area contributed by atoms with E-state index in [-0.39, 0.29) is 18.5 Å². The van der Waals surface area contributed by atoms with Gasteiger partial charge in [-0.05, 0) is 38.1 Å². The summed E-state index contributed by atoms with van der Waals surface area (Å²) in [6.45, 7) is 4.20. The number of anilines is 1. The summed E-state index contributed by atoms with van der Waals surface area (Å²) < 4.78 is 1.76. The van der Waals surface area contributed by atoms with Gasteiger partial charge < -0.3 is 10.6 Å². The van der Waals surface area contributed by atoms with E-state index < -0.39 is 0 Å². The molecular weight excluding hydrogens is 386 g/mol. The fourth-order valence-corrected chi connectivity index (χ4v) is 3.27. The van der Waals surface area contributed by atoms with E-state index in [1.165, 1.54) is 5.56 Å². The van der Waals surface area contributed by atoms with Crippen LogP contribution in [-0.2, 0) is 4.79 Å². The van der Waals surface area contributed by atoms with Crippen molar-refractivity contribution in [1.82, 2.24) is 20.1 Å². The molecule has 0 aliphatic rings. The van der Waals surface area contributed by atoms with Crippen molar-refractivity contribution >= 4 is 11.7 Å². The van der Waals surface area contributed by atoms with Crippen molar-refractivity contribution < 1.29 is 4.79 Å². The van der Waals surface area contributed by atoms with Gasteiger partial charge in [0.15, 0.2) is 0 Å². The van der Waals surface area contributed by atoms with Crippen LogP contribution in [0.2, 0.25) is 0 Å². The Labute approximate surface area is 182 Å². The quantitative estimate of drug-likeness (QED) is 0.469. The highest BCUT2D eigenvalue weighted by Crippen LogP contribution is 2.25. The van der Waals surface area contributed by atoms with Crippen molar-refractivity contribution in [3.8, 4) is 16.9 Å². The van der Waals surface area contributed by atoms with Gasteiger partial charge in [-0.3, -0.25) is 9.78 Å². The number of carbonyl (C=O) groups excluding carboxylic acids is 1. The minimum absolute atomic E-state index is 0.0332. The summed E-state index contributed by atoms with van der Waals surface area (Å²) in [6.07, 6.45) is 1.75. The number of carbonyl (C=O) groups is 1. The number of amides is 1. The molecule has 156 valence electrons. The van der Waals surface area contributed by atoms with E-state index in [0.29, 0.717) is 5.82 Å². The third-order valence-corrected chi connectivity index (χ3v) is 5.03. The maximum Gasteiger partial charge on any atom is 0.239 e. The van der Waals surface area contributed by atoms with E-state index in [9.17, 15) is 4.79 Å². The SMILES string of the molecule is Cc1ccc(-c2cc(NC(=O)CNC(C)c3ccccn3)n(-c3ccccc3)n2)cc1. The molecule has 2 N–H and O–H groups in total. The normalized spacial score (nSPS) is 11.8. The average Bonchev–Trinajstić information content (AvgIpc) is 3.22. The molecule has 0 fully saturated rings. The molecule has 0 radical (unpaired) electrons. The topological polar surface area (TPSA) is 71.8 Å². The summed E-state index contributed by atoms with van der Waals surface area (Å²) in [4.78, 5) is 17.0. The second-order valence-corrected chi connectivity index (χ2v) is 7.43. The summed E-state index contributed by atoms with van der Waals surface area (Å²) in [5.41, 5.74) is 4.76. The van der Waals surface area contributed by atoms with Crippen LogP contribution in [0, 0.1) is 6.92 Å². The molecule has 31 heavy (non-hydrogen) atoms. The van der Waals surface area contributed by atoms with Gasteiger partial charge in [0.25, 0.3) is 0 Å². The van der Waals surface area contributed by atoms with E-state index in [0.717, 1.165) is 22.6 Å². The summed E-state index contributed by atoms with van der Waals surface area (Å²) in [6, 6.07) is 25.6. The first-order chi connectivity index (χ1) is 15.1. The fraction of sp³-hybridized carbons (Fsp3) is 0.160. The lowest BCUT2D eigenvalue weighted by atomic mass is 10.1. The Balaban J connectivity index is 1.53. The average molecular weight is 412 g/mol. The van der Waals surface area contributed by atoms with Crippen LogP contribution >= 0.6 is 0 Å². The number of rotatable bonds is 7. The first-order valence-corrected chi connectivity index (χ1v) is 10.3. The number of hydrogen-bond acceptors (Lipinski definition) is 4. The molecule has 6 nitrogen and oxygen atoms in total. The second kappa shape index (κ2) is 9.36. The molecular formula is C25H25N5O. The second-order valence-electron chi connectivity index (χ2n) is 7.43. The van der Waals surface area contributed by atoms with Crippen LogP contribution in [0.5, 0.6) is 0 Å². The Kier molecular flexibility index (Phi) is 6.19. The van der Waals surface area contributed by atoms with Crippen molar-refractivity contribution in [3.05, 3.63) is 96.3 Å². The molecule has 2 heterocycles. The molecule has 0 saturated heterocycles. The highest BCUT2D eigenvalue weighted by atomic mass is 16.2. The lowest BCUT2D eigenvalue weighted by Gasteiger charge is -2.13. The minimum atomic E-state index is -0.143. The molecule has 0 aliphatic heterocycles. The van der Waals surface area contributed by atoms with E-state index >= 15 is 0 Å². The fourth-order valence-electron chi connectivity index (χ4n) is 3.27. The van der Waals surface area contributed by atoms with Crippen LogP contribution in [-0.4, -0.2) is 27.2 Å². The number of benzene rings is 2. The van der Waals surface area contributed by atoms with Gasteiger partial charge in [-0.15, -0.1) is 0 Å². The predicted molar refractivity (Wildman–Crippen MR) is 123 cm³/mol. The van der Waals surface area contributed by atoms with Gasteiger partial charge in [0.05, 0.1) is 23.6 Å². The van der Waals surface area contributed by atoms with Crippen molar-refractivity contribution in [2.75, 3.05) is 11.9 Å². The number of aromatic nitrogens is 3. The van der Waals surface area contributed by atoms with Gasteiger partial charge >= 0.3 is 0 Å². The molecule has 4 rings (SSSR count). The van der Waals surface area contributed by atoms with Crippen LogP contribution in [0.3, 0.4) is 0 Å². The Morgan fingerprint density at radius 3 is 2.45 bits per heavy atom. The minimum Gasteiger partial charge on any atom is -0.309 e. The van der Waals surface area contributed by atoms with Crippen LogP contribution in [0.1, 0.15) is 24.2 Å². The van der Waals surface area contributed by atoms with Crippen molar-refractivity contribution in [1.29, 1.82) is 0 Å². The van der Waals surface area contributed by atoms with E-state index in [4.69, 9.17) is 5.10 Å². The van der Waals surface area contributed by atoms with Crippen molar-refractivity contribution in [3.63, 3.8) is 0 Å². The third kappa shape index (κ3) is 5.05. The lowest BCUT2D eigenvalue weighted by Crippen LogP contribution is -2.31. The van der Waals surface area contributed by atoms with E-state index in [2.05, 4.69) is 34.7 Å². The monoisotopic (exact) mass is 411 g/mol. The molecule has 1 atom stereocenters. The van der Waals surface area contributed by atoms with Gasteiger partial charge in [0.2, 0.25) is 5.91 Å². The molecule has 2 aromatic heterocycles. The van der Waals surface area contributed by atoms with E-state index in [1.807, 2.05) is 73.7 Å². The molecule has 2 aromatic carbocycles. The Bertz CT molecular complexity index is 1140. The number of para-hydroxylation sites is 1. The summed E-state index contributed by atoms with van der Waals surface area (Å²) in [5.74, 6) is 0.481. The van der Waals surface area contributed by atoms with E-state index in [1.54, 1.807) is 10.9 Å². The van der Waals surface area contributed by atoms with Crippen LogP contribution in [0.4, 0.5) is 5.82 Å². The van der Waals surface area contributed by atoms with Crippen LogP contribution in [0.15, 0.2) is 85.1 Å². The van der Waals surface area contributed by atoms with Crippen molar-refractivity contribution in [2.45, 2.75) is 19.9 Å². The van der Waals surface area contributed by atoms with Crippen molar-refractivity contribution in [2.24, 2.45) is 0 Å². The lowest BCUT2D eigenvalue weighted by molar-refractivity contribution is -0.115. The van der Waals surface area contributed by atoms with Gasteiger partial charge in [-0.2, -0.15) is 5.10 Å². The summed E-state index contributed by atoms with van der Waals surface area (Å²) >= 11 is 0. The number of aryl methyl sites for hydroxylation is 1. The molecule has 0 saturated carbocycles. The number of pyridine rings is 1. The molecule has 1 unspecified atom stereocenters. The zero-order valence-electron chi connectivity index (χ0n) is 17.6. The van der Waals surface area contributed by atoms with Gasteiger partial charge in [0.1, 0.15) is 5.82 Å². The van der Waals surface area contributed by atoms with Crippen LogP contribution < -0.4 is 10.6 Å². The Morgan fingerprint density at radius 1 is 1.00 bits per heavy atom. The summed E-state index contributed by atoms with van der Waals surface area (Å²) in [5, 5.41) is 11.0. The standard InChI is InChI=1S/C25H25N5O/c1-18-11-13-20(14-12-18)23-16-24(30(29-23)21-8-4-3-5-9-21)28-25(31)17-27-19(2)22-10-6-7-15-26-22/h3-16,19,27H,17H2,1-2H3,(H,28,31). The molecule has 0 bridgehead atoms. The first kappa shape index (κ1) is 20.5. The molecule has 0 aliphatic carbocycles. The maximum atomic E-state index is 12.7. The highest BCUT2D eigenvalue weighted by Gasteiger charge is 2.15. The number of nitrogens with one attached hydrogen (secondary N) is 2. The van der Waals surface area contributed by atoms with Gasteiger partial charge in [-0.1, -0.05) is 54.1 Å². The zero-order chi connectivity index (χ0) is 21.6. The summed E-state index contributed by atoms with van der Waals surface area (Å²) in [7, 11) is 0. The predicted octanol–water partition coefficient (Wildman–Crippen LogP) is 4.53. The largest absolute Gasteiger partial charge is 0.309 e. The van der Waals surface area contributed by atoms with Crippen LogP contribution in [0.25, 0.3) is 16.9 Å². The molecule has 0 spiro atoms. The molecule has 1 amide bonds. The molecule has 4 aromatic rings. The smallest absolute Gasteiger partial charge is 0.239 e. The van der Waals surface area contributed by atoms with Gasteiger partial charge in [0, 0.05) is 23.9 Å². The number of nitrogens with zero attached hydrogens (tertiary/aromatic N) is 3.